The molecule has 2 aliphatic rings. The van der Waals surface area contributed by atoms with Crippen LogP contribution in [0, 0.1) is 0 Å². The number of ether oxygens (including phenoxy) is 2. The molecule has 4 nitrogen and oxygen atoms in total. The molecule has 9 aromatic carbocycles. The maximum atomic E-state index is 7.16. The van der Waals surface area contributed by atoms with E-state index in [0.29, 0.717) is 0 Å². The molecular formula is C68H64N2O2. The van der Waals surface area contributed by atoms with Gasteiger partial charge in [0.1, 0.15) is 23.0 Å². The lowest BCUT2D eigenvalue weighted by Crippen LogP contribution is -2.10. The summed E-state index contributed by atoms with van der Waals surface area (Å²) in [7, 11) is 2.07. The SMILES string of the molecule is C=C1/C=C\C=C(\C)C/C(=C\C)c2c(Oc3ccccc3)c3c(c(Oc4ccccc4)c21)-c1cccc2c(N(c4ccccc4)c4ccccc4)ccc-3c12.CC.CC.CN(c1ccccc1)c1ccccc1. The molecular weight excluding hydrogens is 877 g/mol. The summed E-state index contributed by atoms with van der Waals surface area (Å²) in [6, 6.07) is 73.2. The molecule has 0 N–H and O–H groups in total. The number of allylic oxidation sites excluding steroid dienone is 7. The van der Waals surface area contributed by atoms with Gasteiger partial charge in [-0.25, -0.2) is 0 Å². The summed E-state index contributed by atoms with van der Waals surface area (Å²) < 4.78 is 14.3. The fourth-order valence-electron chi connectivity index (χ4n) is 9.39. The van der Waals surface area contributed by atoms with Gasteiger partial charge in [-0.1, -0.05) is 198 Å². The number of nitrogens with zero attached hydrogens (tertiary/aromatic N) is 2. The molecule has 0 saturated carbocycles. The molecule has 11 rings (SSSR count). The third kappa shape index (κ3) is 10.5. The van der Waals surface area contributed by atoms with Crippen LogP contribution in [0.3, 0.4) is 0 Å². The van der Waals surface area contributed by atoms with E-state index in [-0.39, 0.29) is 0 Å². The van der Waals surface area contributed by atoms with Crippen LogP contribution in [0.4, 0.5) is 28.4 Å². The minimum atomic E-state index is 0.750. The summed E-state index contributed by atoms with van der Waals surface area (Å²) in [5, 5.41) is 2.30. The van der Waals surface area contributed by atoms with Gasteiger partial charge in [-0.15, -0.1) is 0 Å². The van der Waals surface area contributed by atoms with Crippen molar-refractivity contribution in [2.24, 2.45) is 0 Å². The van der Waals surface area contributed by atoms with Gasteiger partial charge in [0.25, 0.3) is 0 Å². The van der Waals surface area contributed by atoms with Crippen LogP contribution >= 0.6 is 0 Å². The number of fused-ring (bicyclic) bond motifs is 4. The van der Waals surface area contributed by atoms with Crippen molar-refractivity contribution in [3.8, 4) is 45.3 Å². The quantitative estimate of drug-likeness (QED) is 0.144. The van der Waals surface area contributed by atoms with Crippen LogP contribution in [0.2, 0.25) is 0 Å². The van der Waals surface area contributed by atoms with E-state index in [9.17, 15) is 0 Å². The first-order chi connectivity index (χ1) is 35.5. The van der Waals surface area contributed by atoms with Crippen molar-refractivity contribution in [3.05, 3.63) is 260 Å². The fourth-order valence-corrected chi connectivity index (χ4v) is 9.39. The first kappa shape index (κ1) is 49.8. The number of hydrogen-bond acceptors (Lipinski definition) is 4. The topological polar surface area (TPSA) is 24.9 Å². The first-order valence-corrected chi connectivity index (χ1v) is 25.2. The van der Waals surface area contributed by atoms with E-state index >= 15 is 0 Å². The Morgan fingerprint density at radius 3 is 1.38 bits per heavy atom. The van der Waals surface area contributed by atoms with Crippen molar-refractivity contribution in [1.29, 1.82) is 0 Å². The molecule has 0 spiro atoms. The summed E-state index contributed by atoms with van der Waals surface area (Å²) in [6.45, 7) is 17.0. The van der Waals surface area contributed by atoms with Gasteiger partial charge in [0.05, 0.1) is 5.69 Å². The fraction of sp³-hybridized carbons (Fsp3) is 0.118. The molecule has 0 unspecified atom stereocenters. The van der Waals surface area contributed by atoms with Crippen LogP contribution in [-0.4, -0.2) is 7.05 Å². The van der Waals surface area contributed by atoms with Crippen molar-refractivity contribution in [1.82, 2.24) is 0 Å². The first-order valence-electron chi connectivity index (χ1n) is 25.2. The Morgan fingerprint density at radius 2 is 0.903 bits per heavy atom. The zero-order chi connectivity index (χ0) is 50.4. The number of benzene rings is 9. The van der Waals surface area contributed by atoms with Crippen molar-refractivity contribution in [2.45, 2.75) is 48.0 Å². The van der Waals surface area contributed by atoms with E-state index in [2.05, 4.69) is 201 Å². The van der Waals surface area contributed by atoms with Crippen LogP contribution < -0.4 is 19.3 Å². The van der Waals surface area contributed by atoms with Gasteiger partial charge in [-0.3, -0.25) is 0 Å². The highest BCUT2D eigenvalue weighted by Gasteiger charge is 2.37. The standard InChI is InChI=1S/C51H39NO2.C13H13N.2C2H6/c1-4-36-33-34(2)19-17-20-35(3)45-46(36)51(54-40-27-15-8-16-28-40)49-43-31-32-44(52(37-21-9-5-10-22-37)38-23-11-6-12-24-38)41-29-18-30-42(47(41)43)48(49)50(45)53-39-25-13-7-14-26-39;1-14(12-8-4-2-5-9-12)13-10-6-3-7-11-13;2*1-2/h4-32H,3,33H2,1-2H3;2-11H,1H3;2*1-2H3/b20-17-,34-19-,36-4+;;;. The lowest BCUT2D eigenvalue weighted by molar-refractivity contribution is 0.470. The number of rotatable bonds is 9. The van der Waals surface area contributed by atoms with E-state index in [1.807, 2.05) is 100 Å². The molecule has 358 valence electrons. The van der Waals surface area contributed by atoms with Crippen molar-refractivity contribution in [2.75, 3.05) is 16.8 Å². The average molecular weight is 941 g/mol. The molecule has 0 heterocycles. The number of anilines is 5. The van der Waals surface area contributed by atoms with Gasteiger partial charge < -0.3 is 19.3 Å². The van der Waals surface area contributed by atoms with Gasteiger partial charge >= 0.3 is 0 Å². The second-order valence-corrected chi connectivity index (χ2v) is 17.0. The van der Waals surface area contributed by atoms with Gasteiger partial charge in [-0.05, 0) is 127 Å². The smallest absolute Gasteiger partial charge is 0.144 e. The third-order valence-electron chi connectivity index (χ3n) is 12.6. The van der Waals surface area contributed by atoms with Crippen molar-refractivity contribution < 1.29 is 9.47 Å². The van der Waals surface area contributed by atoms with Crippen LogP contribution in [0.25, 0.3) is 44.2 Å². The molecule has 0 aromatic heterocycles. The largest absolute Gasteiger partial charge is 0.456 e. The molecule has 0 fully saturated rings. The molecule has 0 bridgehead atoms. The van der Waals surface area contributed by atoms with E-state index in [1.165, 1.54) is 16.9 Å². The Labute approximate surface area is 427 Å². The Bertz CT molecular complexity index is 3250. The Morgan fingerprint density at radius 1 is 0.472 bits per heavy atom. The number of para-hydroxylation sites is 6. The van der Waals surface area contributed by atoms with Crippen LogP contribution in [0.1, 0.15) is 59.1 Å². The van der Waals surface area contributed by atoms with Crippen molar-refractivity contribution in [3.63, 3.8) is 0 Å². The molecule has 9 aromatic rings. The maximum Gasteiger partial charge on any atom is 0.144 e. The maximum absolute atomic E-state index is 7.16. The Balaban J connectivity index is 0.000000328. The summed E-state index contributed by atoms with van der Waals surface area (Å²) in [4.78, 5) is 4.51. The van der Waals surface area contributed by atoms with E-state index in [1.54, 1.807) is 0 Å². The predicted octanol–water partition coefficient (Wildman–Crippen LogP) is 20.4. The summed E-state index contributed by atoms with van der Waals surface area (Å²) in [5.74, 6) is 3.10. The minimum absolute atomic E-state index is 0.750. The molecule has 0 atom stereocenters. The summed E-state index contributed by atoms with van der Waals surface area (Å²) in [6.07, 6.45) is 9.33. The molecule has 72 heavy (non-hydrogen) atoms. The lowest BCUT2D eigenvalue weighted by Gasteiger charge is -2.27. The minimum Gasteiger partial charge on any atom is -0.456 e. The van der Waals surface area contributed by atoms with Crippen molar-refractivity contribution >= 4 is 50.4 Å². The highest BCUT2D eigenvalue weighted by molar-refractivity contribution is 6.23. The normalized spacial score (nSPS) is 13.6. The van der Waals surface area contributed by atoms with Gasteiger partial charge in [0, 0.05) is 57.4 Å². The molecule has 4 heteroatoms. The van der Waals surface area contributed by atoms with Gasteiger partial charge in [0.15, 0.2) is 0 Å². The molecule has 0 saturated heterocycles. The van der Waals surface area contributed by atoms with Crippen LogP contribution in [0.5, 0.6) is 23.0 Å². The Hall–Kier alpha value is -8.60. The van der Waals surface area contributed by atoms with E-state index in [0.717, 1.165) is 102 Å². The molecule has 2 aliphatic carbocycles. The molecule has 0 radical (unpaired) electrons. The molecule has 0 amide bonds. The Kier molecular flexibility index (Phi) is 16.5. The van der Waals surface area contributed by atoms with E-state index < -0.39 is 0 Å². The second-order valence-electron chi connectivity index (χ2n) is 17.0. The highest BCUT2D eigenvalue weighted by Crippen LogP contribution is 2.62. The summed E-state index contributed by atoms with van der Waals surface area (Å²) >= 11 is 0. The van der Waals surface area contributed by atoms with Gasteiger partial charge in [0.2, 0.25) is 0 Å². The molecule has 0 aliphatic heterocycles. The monoisotopic (exact) mass is 940 g/mol. The second kappa shape index (κ2) is 23.8. The van der Waals surface area contributed by atoms with E-state index in [4.69, 9.17) is 9.47 Å². The van der Waals surface area contributed by atoms with Crippen LogP contribution in [0.15, 0.2) is 249 Å². The van der Waals surface area contributed by atoms with Gasteiger partial charge in [-0.2, -0.15) is 0 Å². The average Bonchev–Trinajstić information content (AvgIpc) is 3.81. The zero-order valence-electron chi connectivity index (χ0n) is 42.6. The highest BCUT2D eigenvalue weighted by atomic mass is 16.5. The number of hydrogen-bond donors (Lipinski definition) is 0. The van der Waals surface area contributed by atoms with Crippen LogP contribution in [-0.2, 0) is 0 Å². The lowest BCUT2D eigenvalue weighted by atomic mass is 9.85. The third-order valence-corrected chi connectivity index (χ3v) is 12.6. The zero-order valence-corrected chi connectivity index (χ0v) is 42.6. The predicted molar refractivity (Wildman–Crippen MR) is 310 cm³/mol. The summed E-state index contributed by atoms with van der Waals surface area (Å²) in [5.41, 5.74) is 15.1.